The molecule has 0 heterocycles. The van der Waals surface area contributed by atoms with Gasteiger partial charge in [-0.1, -0.05) is 0 Å². The molecule has 0 fully saturated rings. The zero-order valence-corrected chi connectivity index (χ0v) is 7.72. The fourth-order valence-electron chi connectivity index (χ4n) is 1.16. The van der Waals surface area contributed by atoms with Crippen LogP contribution < -0.4 is 0 Å². The average molecular weight is 206 g/mol. The first-order chi connectivity index (χ1) is 6.97. The second-order valence-corrected chi connectivity index (χ2v) is 2.86. The number of carboxylic acid groups (broad SMARTS) is 1. The lowest BCUT2D eigenvalue weighted by Gasteiger charge is -2.01. The summed E-state index contributed by atoms with van der Waals surface area (Å²) in [5, 5.41) is 27.9. The first kappa shape index (κ1) is 10.7. The van der Waals surface area contributed by atoms with Crippen molar-refractivity contribution in [2.45, 2.75) is 6.92 Å². The Morgan fingerprint density at radius 2 is 2.20 bits per heavy atom. The first-order valence-corrected chi connectivity index (χ1v) is 3.89. The second-order valence-electron chi connectivity index (χ2n) is 2.86. The smallest absolute Gasteiger partial charge is 0.337 e. The van der Waals surface area contributed by atoms with Crippen molar-refractivity contribution in [3.05, 3.63) is 38.9 Å². The Balaban J connectivity index is 3.51. The molecule has 0 spiro atoms. The van der Waals surface area contributed by atoms with Crippen LogP contribution >= 0.6 is 0 Å². The molecule has 6 heteroatoms. The number of aromatic carboxylic acids is 1. The monoisotopic (exact) mass is 206 g/mol. The van der Waals surface area contributed by atoms with Gasteiger partial charge in [-0.25, -0.2) is 4.79 Å². The van der Waals surface area contributed by atoms with Crippen molar-refractivity contribution < 1.29 is 14.8 Å². The van der Waals surface area contributed by atoms with E-state index in [1.165, 1.54) is 6.92 Å². The summed E-state index contributed by atoms with van der Waals surface area (Å²) in [4.78, 5) is 20.6. The van der Waals surface area contributed by atoms with Crippen molar-refractivity contribution in [1.29, 1.82) is 5.26 Å². The highest BCUT2D eigenvalue weighted by atomic mass is 16.6. The third-order valence-corrected chi connectivity index (χ3v) is 1.88. The van der Waals surface area contributed by atoms with Crippen molar-refractivity contribution in [2.75, 3.05) is 0 Å². The highest BCUT2D eigenvalue weighted by Crippen LogP contribution is 2.22. The molecule has 15 heavy (non-hydrogen) atoms. The van der Waals surface area contributed by atoms with Gasteiger partial charge < -0.3 is 5.11 Å². The molecule has 0 unspecified atom stereocenters. The van der Waals surface area contributed by atoms with E-state index in [-0.39, 0.29) is 22.4 Å². The fourth-order valence-corrected chi connectivity index (χ4v) is 1.16. The maximum Gasteiger partial charge on any atom is 0.337 e. The van der Waals surface area contributed by atoms with Crippen LogP contribution in [0.1, 0.15) is 21.5 Å². The summed E-state index contributed by atoms with van der Waals surface area (Å²) in [6.07, 6.45) is 0. The Morgan fingerprint density at radius 1 is 1.60 bits per heavy atom. The number of nitro groups is 1. The molecule has 0 saturated carbocycles. The predicted molar refractivity (Wildman–Crippen MR) is 49.5 cm³/mol. The zero-order valence-electron chi connectivity index (χ0n) is 7.72. The van der Waals surface area contributed by atoms with Crippen LogP contribution in [0.3, 0.4) is 0 Å². The molecule has 0 aromatic heterocycles. The minimum atomic E-state index is -1.27. The van der Waals surface area contributed by atoms with E-state index in [9.17, 15) is 14.9 Å². The maximum atomic E-state index is 10.7. The van der Waals surface area contributed by atoms with E-state index in [0.29, 0.717) is 0 Å². The lowest BCUT2D eigenvalue weighted by Crippen LogP contribution is -2.03. The normalized spacial score (nSPS) is 9.33. The van der Waals surface area contributed by atoms with E-state index >= 15 is 0 Å². The number of hydrogen-bond acceptors (Lipinski definition) is 4. The van der Waals surface area contributed by atoms with E-state index in [4.69, 9.17) is 10.4 Å². The Morgan fingerprint density at radius 3 is 2.60 bits per heavy atom. The van der Waals surface area contributed by atoms with Gasteiger partial charge in [0.15, 0.2) is 0 Å². The average Bonchev–Trinajstić information content (AvgIpc) is 2.16. The Hall–Kier alpha value is -2.42. The van der Waals surface area contributed by atoms with Gasteiger partial charge in [0.1, 0.15) is 6.07 Å². The van der Waals surface area contributed by atoms with Crippen LogP contribution in [0.4, 0.5) is 5.69 Å². The van der Waals surface area contributed by atoms with Gasteiger partial charge in [0, 0.05) is 11.6 Å². The van der Waals surface area contributed by atoms with Gasteiger partial charge in [0.25, 0.3) is 5.69 Å². The summed E-state index contributed by atoms with van der Waals surface area (Å²) in [7, 11) is 0. The minimum Gasteiger partial charge on any atom is -0.478 e. The van der Waals surface area contributed by atoms with Gasteiger partial charge in [-0.05, 0) is 13.0 Å². The molecule has 0 aliphatic heterocycles. The number of aryl methyl sites for hydroxylation is 1. The van der Waals surface area contributed by atoms with Crippen LogP contribution in [0, 0.1) is 28.4 Å². The van der Waals surface area contributed by atoms with Crippen molar-refractivity contribution >= 4 is 11.7 Å². The topological polar surface area (TPSA) is 104 Å². The largest absolute Gasteiger partial charge is 0.478 e. The second kappa shape index (κ2) is 3.75. The molecule has 0 amide bonds. The van der Waals surface area contributed by atoms with Gasteiger partial charge in [-0.3, -0.25) is 10.1 Å². The molecule has 1 N–H and O–H groups in total. The summed E-state index contributed by atoms with van der Waals surface area (Å²) >= 11 is 0. The SMILES string of the molecule is Cc1cc(C(=O)O)c(C#N)cc1[N+](=O)[O-]. The number of carbonyl (C=O) groups is 1. The lowest BCUT2D eigenvalue weighted by molar-refractivity contribution is -0.385. The van der Waals surface area contributed by atoms with Gasteiger partial charge in [0.05, 0.1) is 16.1 Å². The molecule has 1 aromatic rings. The predicted octanol–water partition coefficient (Wildman–Crippen LogP) is 1.47. The number of nitrogens with zero attached hydrogens (tertiary/aromatic N) is 2. The van der Waals surface area contributed by atoms with Crippen LogP contribution in [-0.4, -0.2) is 16.0 Å². The Labute approximate surface area is 84.5 Å². The molecule has 0 aliphatic carbocycles. The van der Waals surface area contributed by atoms with Gasteiger partial charge >= 0.3 is 5.97 Å². The summed E-state index contributed by atoms with van der Waals surface area (Å²) < 4.78 is 0. The van der Waals surface area contributed by atoms with Gasteiger partial charge in [0.2, 0.25) is 0 Å². The van der Waals surface area contributed by atoms with Crippen LogP contribution in [-0.2, 0) is 0 Å². The molecule has 1 rings (SSSR count). The highest BCUT2D eigenvalue weighted by molar-refractivity contribution is 5.91. The van der Waals surface area contributed by atoms with E-state index in [0.717, 1.165) is 12.1 Å². The molecule has 0 bridgehead atoms. The highest BCUT2D eigenvalue weighted by Gasteiger charge is 2.18. The first-order valence-electron chi connectivity index (χ1n) is 3.89. The third kappa shape index (κ3) is 1.91. The van der Waals surface area contributed by atoms with E-state index in [1.807, 2.05) is 0 Å². The fraction of sp³-hybridized carbons (Fsp3) is 0.111. The van der Waals surface area contributed by atoms with Gasteiger partial charge in [-0.15, -0.1) is 0 Å². The lowest BCUT2D eigenvalue weighted by atomic mass is 10.0. The summed E-state index contributed by atoms with van der Waals surface area (Å²) in [5.74, 6) is -1.27. The number of benzene rings is 1. The molecule has 0 atom stereocenters. The Bertz CT molecular complexity index is 488. The molecular formula is C9H6N2O4. The maximum absolute atomic E-state index is 10.7. The van der Waals surface area contributed by atoms with Crippen LogP contribution in [0.5, 0.6) is 0 Å². The molecule has 1 aromatic carbocycles. The van der Waals surface area contributed by atoms with Crippen LogP contribution in [0.25, 0.3) is 0 Å². The quantitative estimate of drug-likeness (QED) is 0.582. The minimum absolute atomic E-state index is 0.209. The van der Waals surface area contributed by atoms with Crippen molar-refractivity contribution in [3.8, 4) is 6.07 Å². The van der Waals surface area contributed by atoms with E-state index in [2.05, 4.69) is 0 Å². The van der Waals surface area contributed by atoms with E-state index in [1.54, 1.807) is 6.07 Å². The summed E-state index contributed by atoms with van der Waals surface area (Å²) in [6, 6.07) is 3.71. The zero-order chi connectivity index (χ0) is 11.6. The molecule has 0 radical (unpaired) electrons. The molecular weight excluding hydrogens is 200 g/mol. The molecule has 76 valence electrons. The number of nitro benzene ring substituents is 1. The molecule has 6 nitrogen and oxygen atoms in total. The standard InChI is InChI=1S/C9H6N2O4/c1-5-2-7(9(12)13)6(4-10)3-8(5)11(14)15/h2-3H,1H3,(H,12,13). The van der Waals surface area contributed by atoms with Gasteiger partial charge in [-0.2, -0.15) is 5.26 Å². The number of nitriles is 1. The van der Waals surface area contributed by atoms with Crippen molar-refractivity contribution in [3.63, 3.8) is 0 Å². The van der Waals surface area contributed by atoms with Crippen molar-refractivity contribution in [2.24, 2.45) is 0 Å². The third-order valence-electron chi connectivity index (χ3n) is 1.88. The number of hydrogen-bond donors (Lipinski definition) is 1. The number of carboxylic acids is 1. The summed E-state index contributed by atoms with van der Waals surface area (Å²) in [6.45, 7) is 1.42. The van der Waals surface area contributed by atoms with Crippen molar-refractivity contribution in [1.82, 2.24) is 0 Å². The molecule has 0 saturated heterocycles. The number of rotatable bonds is 2. The molecule has 0 aliphatic rings. The Kier molecular flexibility index (Phi) is 2.67. The van der Waals surface area contributed by atoms with Crippen LogP contribution in [0.15, 0.2) is 12.1 Å². The van der Waals surface area contributed by atoms with Crippen LogP contribution in [0.2, 0.25) is 0 Å². The summed E-state index contributed by atoms with van der Waals surface area (Å²) in [5.41, 5.74) is -0.464. The van der Waals surface area contributed by atoms with E-state index < -0.39 is 10.9 Å².